The van der Waals surface area contributed by atoms with Crippen LogP contribution in [0.3, 0.4) is 0 Å². The van der Waals surface area contributed by atoms with E-state index in [1.807, 2.05) is 0 Å². The van der Waals surface area contributed by atoms with Gasteiger partial charge in [-0.15, -0.1) is 0 Å². The van der Waals surface area contributed by atoms with Crippen molar-refractivity contribution >= 4 is 11.6 Å². The van der Waals surface area contributed by atoms with Gasteiger partial charge in [0.05, 0.1) is 18.1 Å². The lowest BCUT2D eigenvalue weighted by Gasteiger charge is -2.16. The van der Waals surface area contributed by atoms with Crippen LogP contribution in [-0.2, 0) is 4.79 Å². The summed E-state index contributed by atoms with van der Waals surface area (Å²) in [7, 11) is 1.42. The fraction of sp³-hybridized carbons (Fsp3) is 0.200. The summed E-state index contributed by atoms with van der Waals surface area (Å²) in [6.07, 6.45) is 0.663. The molecular weight excluding hydrogens is 364 g/mol. The molecule has 0 spiro atoms. The third-order valence-electron chi connectivity index (χ3n) is 3.99. The van der Waals surface area contributed by atoms with E-state index in [2.05, 4.69) is 14.9 Å². The van der Waals surface area contributed by atoms with E-state index in [1.54, 1.807) is 0 Å². The Hall–Kier alpha value is -3.96. The number of hydrogen-bond acceptors (Lipinski definition) is 10. The average Bonchev–Trinajstić information content (AvgIpc) is 3.14. The SMILES string of the molecule is COc1ccc(C(=O)C(=O)C2C([N+](=O)[O-])=CC([N+](=O)[O-])c3nonc32)cc1. The predicted octanol–water partition coefficient (Wildman–Crippen LogP) is 1.11. The van der Waals surface area contributed by atoms with Crippen LogP contribution in [0, 0.1) is 20.2 Å². The summed E-state index contributed by atoms with van der Waals surface area (Å²) in [6, 6.07) is 3.82. The van der Waals surface area contributed by atoms with Crippen molar-refractivity contribution in [1.82, 2.24) is 10.3 Å². The number of ether oxygens (including phenoxy) is 1. The van der Waals surface area contributed by atoms with Gasteiger partial charge >= 0.3 is 0 Å². The van der Waals surface area contributed by atoms with Gasteiger partial charge in [0.1, 0.15) is 11.4 Å². The van der Waals surface area contributed by atoms with Gasteiger partial charge < -0.3 is 4.74 Å². The quantitative estimate of drug-likeness (QED) is 0.309. The molecular formula is C15H10N4O8. The van der Waals surface area contributed by atoms with Gasteiger partial charge in [0.15, 0.2) is 11.6 Å². The van der Waals surface area contributed by atoms with Crippen LogP contribution in [0.2, 0.25) is 0 Å². The van der Waals surface area contributed by atoms with Crippen molar-refractivity contribution in [1.29, 1.82) is 0 Å². The van der Waals surface area contributed by atoms with E-state index < -0.39 is 44.8 Å². The van der Waals surface area contributed by atoms with Crippen molar-refractivity contribution in [2.75, 3.05) is 7.11 Å². The molecule has 1 aliphatic carbocycles. The largest absolute Gasteiger partial charge is 0.497 e. The zero-order chi connectivity index (χ0) is 19.7. The van der Waals surface area contributed by atoms with Gasteiger partial charge in [-0.1, -0.05) is 5.16 Å². The third kappa shape index (κ3) is 3.03. The molecule has 0 fully saturated rings. The standard InChI is InChI=1S/C15H10N4O8/c1-26-8-4-2-7(3-5-8)14(20)15(21)11-9(18(22)23)6-10(19(24)25)12-13(11)17-27-16-12/h2-6,10-11H,1H3. The smallest absolute Gasteiger partial charge is 0.284 e. The van der Waals surface area contributed by atoms with Gasteiger partial charge in [-0.25, -0.2) is 4.63 Å². The lowest BCUT2D eigenvalue weighted by molar-refractivity contribution is -0.520. The molecule has 27 heavy (non-hydrogen) atoms. The van der Waals surface area contributed by atoms with Gasteiger partial charge in [-0.05, 0) is 29.4 Å². The molecule has 0 radical (unpaired) electrons. The van der Waals surface area contributed by atoms with E-state index in [4.69, 9.17) is 4.74 Å². The first-order chi connectivity index (χ1) is 12.8. The zero-order valence-electron chi connectivity index (χ0n) is 13.6. The molecule has 138 valence electrons. The van der Waals surface area contributed by atoms with Gasteiger partial charge in [0.25, 0.3) is 11.7 Å². The van der Waals surface area contributed by atoms with E-state index in [0.29, 0.717) is 11.8 Å². The molecule has 0 bridgehead atoms. The van der Waals surface area contributed by atoms with E-state index in [9.17, 15) is 29.8 Å². The average molecular weight is 374 g/mol. The van der Waals surface area contributed by atoms with Crippen molar-refractivity contribution in [2.24, 2.45) is 0 Å². The summed E-state index contributed by atoms with van der Waals surface area (Å²) in [5.74, 6) is -3.52. The Kier molecular flexibility index (Phi) is 4.46. The molecule has 3 rings (SSSR count). The van der Waals surface area contributed by atoms with Crippen LogP contribution in [0.1, 0.15) is 33.7 Å². The van der Waals surface area contributed by atoms with Crippen molar-refractivity contribution < 1.29 is 28.8 Å². The van der Waals surface area contributed by atoms with E-state index in [-0.39, 0.29) is 11.3 Å². The third-order valence-corrected chi connectivity index (χ3v) is 3.99. The molecule has 2 atom stereocenters. The Labute approximate surface area is 149 Å². The van der Waals surface area contributed by atoms with Crippen molar-refractivity contribution in [2.45, 2.75) is 12.0 Å². The number of Topliss-reactive ketones (excluding diaryl/α,β-unsaturated/α-hetero) is 2. The number of carbonyl (C=O) groups is 2. The first-order valence-corrected chi connectivity index (χ1v) is 7.39. The maximum atomic E-state index is 12.7. The van der Waals surface area contributed by atoms with Crippen LogP contribution >= 0.6 is 0 Å². The van der Waals surface area contributed by atoms with Gasteiger partial charge in [0.2, 0.25) is 11.6 Å². The van der Waals surface area contributed by atoms with Crippen LogP contribution in [0.4, 0.5) is 0 Å². The number of methoxy groups -OCH3 is 1. The number of nitro groups is 2. The summed E-state index contributed by atoms with van der Waals surface area (Å²) in [5.41, 5.74) is -1.63. The van der Waals surface area contributed by atoms with Crippen molar-refractivity contribution in [3.8, 4) is 5.75 Å². The van der Waals surface area contributed by atoms with Crippen molar-refractivity contribution in [3.63, 3.8) is 0 Å². The van der Waals surface area contributed by atoms with Gasteiger partial charge in [-0.2, -0.15) is 0 Å². The summed E-state index contributed by atoms with van der Waals surface area (Å²) in [4.78, 5) is 45.9. The molecule has 0 saturated carbocycles. The maximum Gasteiger partial charge on any atom is 0.284 e. The number of ketones is 2. The predicted molar refractivity (Wildman–Crippen MR) is 84.2 cm³/mol. The minimum atomic E-state index is -1.76. The van der Waals surface area contributed by atoms with E-state index in [0.717, 1.165) is 0 Å². The fourth-order valence-electron chi connectivity index (χ4n) is 2.69. The van der Waals surface area contributed by atoms with Gasteiger partial charge in [0, 0.05) is 10.5 Å². The van der Waals surface area contributed by atoms with Crippen LogP contribution in [0.5, 0.6) is 5.75 Å². The minimum absolute atomic E-state index is 0.0297. The number of aromatic nitrogens is 2. The second-order valence-electron chi connectivity index (χ2n) is 5.47. The molecule has 1 aromatic heterocycles. The van der Waals surface area contributed by atoms with Gasteiger partial charge in [-0.3, -0.25) is 29.8 Å². The number of rotatable bonds is 6. The number of benzene rings is 1. The highest BCUT2D eigenvalue weighted by molar-refractivity contribution is 6.45. The number of fused-ring (bicyclic) bond motifs is 1. The maximum absolute atomic E-state index is 12.7. The zero-order valence-corrected chi connectivity index (χ0v) is 13.6. The lowest BCUT2D eigenvalue weighted by atomic mass is 9.84. The Balaban J connectivity index is 2.03. The number of nitrogens with zero attached hydrogens (tertiary/aromatic N) is 4. The van der Waals surface area contributed by atoms with E-state index >= 15 is 0 Å². The second kappa shape index (κ2) is 6.74. The minimum Gasteiger partial charge on any atom is -0.497 e. The highest BCUT2D eigenvalue weighted by Crippen LogP contribution is 2.38. The molecule has 12 heteroatoms. The van der Waals surface area contributed by atoms with Crippen molar-refractivity contribution in [3.05, 3.63) is 73.2 Å². The Bertz CT molecular complexity index is 978. The molecule has 1 aromatic carbocycles. The first-order valence-electron chi connectivity index (χ1n) is 7.39. The molecule has 1 heterocycles. The molecule has 12 nitrogen and oxygen atoms in total. The monoisotopic (exact) mass is 374 g/mol. The highest BCUT2D eigenvalue weighted by Gasteiger charge is 2.49. The first kappa shape index (κ1) is 17.8. The molecule has 0 saturated heterocycles. The number of carbonyl (C=O) groups excluding carboxylic acids is 2. The Morgan fingerprint density at radius 1 is 1.11 bits per heavy atom. The molecule has 0 amide bonds. The fourth-order valence-corrected chi connectivity index (χ4v) is 2.69. The summed E-state index contributed by atoms with van der Waals surface area (Å²) in [6.45, 7) is 0. The summed E-state index contributed by atoms with van der Waals surface area (Å²) >= 11 is 0. The van der Waals surface area contributed by atoms with Crippen LogP contribution in [0.25, 0.3) is 0 Å². The summed E-state index contributed by atoms with van der Waals surface area (Å²) < 4.78 is 9.39. The topological polar surface area (TPSA) is 169 Å². The Morgan fingerprint density at radius 2 is 1.74 bits per heavy atom. The lowest BCUT2D eigenvalue weighted by Crippen LogP contribution is -2.31. The van der Waals surface area contributed by atoms with Crippen LogP contribution in [0.15, 0.2) is 40.7 Å². The normalized spacial score (nSPS) is 18.2. The highest BCUT2D eigenvalue weighted by atomic mass is 16.6. The molecule has 0 aliphatic heterocycles. The van der Waals surface area contributed by atoms with Crippen LogP contribution < -0.4 is 4.74 Å². The second-order valence-corrected chi connectivity index (χ2v) is 5.47. The molecule has 1 aliphatic rings. The Morgan fingerprint density at radius 3 is 2.30 bits per heavy atom. The molecule has 2 unspecified atom stereocenters. The van der Waals surface area contributed by atoms with Crippen LogP contribution in [-0.4, -0.2) is 38.8 Å². The molecule has 2 aromatic rings. The molecule has 0 N–H and O–H groups in total. The number of allylic oxidation sites excluding steroid dienone is 1. The number of hydrogen-bond donors (Lipinski definition) is 0. The summed E-state index contributed by atoms with van der Waals surface area (Å²) in [5, 5.41) is 29.3. The van der Waals surface area contributed by atoms with E-state index in [1.165, 1.54) is 31.4 Å².